The molecule has 0 aromatic carbocycles. The zero-order chi connectivity index (χ0) is 4.43. The van der Waals surface area contributed by atoms with E-state index in [0.717, 1.165) is 19.4 Å². The molecule has 0 radical (unpaired) electrons. The average Bonchev–Trinajstić information content (AvgIpc) is 2.10. The summed E-state index contributed by atoms with van der Waals surface area (Å²) >= 11 is 4.13. The van der Waals surface area contributed by atoms with Crippen LogP contribution in [-0.2, 0) is 0 Å². The van der Waals surface area contributed by atoms with Crippen molar-refractivity contribution in [3.8, 4) is 0 Å². The van der Waals surface area contributed by atoms with Gasteiger partial charge in [0, 0.05) is 0 Å². The Bertz CT molecular complexity index is 285. The Morgan fingerprint density at radius 2 is 1.14 bits per heavy atom. The van der Waals surface area contributed by atoms with Gasteiger partial charge in [0.15, 0.2) is 0 Å². The van der Waals surface area contributed by atoms with Crippen molar-refractivity contribution in [3.05, 3.63) is 0 Å². The molecule has 7 heavy (non-hydrogen) atoms. The molecule has 4 rings (SSSR count). The number of hydrogen-bond acceptors (Lipinski definition) is 0. The molecular weight excluding hydrogens is 361 g/mol. The van der Waals surface area contributed by atoms with Gasteiger partial charge in [0.2, 0.25) is 0 Å². The van der Waals surface area contributed by atoms with E-state index < -0.39 is 0 Å². The van der Waals surface area contributed by atoms with Crippen LogP contribution in [0.15, 0.2) is 0 Å². The van der Waals surface area contributed by atoms with Gasteiger partial charge in [0.1, 0.15) is 0 Å². The molecule has 7 heteroatoms. The molecule has 0 saturated heterocycles. The molecule has 0 spiro atoms. The molecule has 0 saturated carbocycles. The molecule has 0 amide bonds. The summed E-state index contributed by atoms with van der Waals surface area (Å²) < 4.78 is 0.942. The summed E-state index contributed by atoms with van der Waals surface area (Å²) in [6.07, 6.45) is 0. The predicted molar refractivity (Wildman–Crippen MR) is 44.9 cm³/mol. The fourth-order valence-electron chi connectivity index (χ4n) is 0.505. The van der Waals surface area contributed by atoms with Gasteiger partial charge < -0.3 is 0 Å². The summed E-state index contributed by atoms with van der Waals surface area (Å²) in [5, 5.41) is 2.97. The molecule has 4 heterocycles. The van der Waals surface area contributed by atoms with Crippen molar-refractivity contribution in [1.82, 2.24) is 0 Å². The Kier molecular flexibility index (Phi) is 1.29. The van der Waals surface area contributed by atoms with Crippen molar-refractivity contribution in [2.45, 2.75) is 0 Å². The molecule has 4 bridgehead atoms. The van der Waals surface area contributed by atoms with Crippen molar-refractivity contribution < 1.29 is 0 Å². The monoisotopic (exact) mass is 364 g/mol. The molecule has 0 atom stereocenters. The van der Waals surface area contributed by atoms with Crippen LogP contribution >= 0.6 is 19.4 Å². The summed E-state index contributed by atoms with van der Waals surface area (Å²) in [5.41, 5.74) is 0. The van der Waals surface area contributed by atoms with E-state index >= 15 is 0 Å². The van der Waals surface area contributed by atoms with Crippen molar-refractivity contribution in [3.63, 3.8) is 0 Å². The Morgan fingerprint density at radius 3 is 1.29 bits per heavy atom. The van der Waals surface area contributed by atoms with Gasteiger partial charge in [-0.1, -0.05) is 0 Å². The maximum absolute atomic E-state index is 1.38. The summed E-state index contributed by atoms with van der Waals surface area (Å²) in [5.74, 6) is 0. The third-order valence-corrected chi connectivity index (χ3v) is 137. The maximum atomic E-state index is 1.38. The van der Waals surface area contributed by atoms with E-state index in [4.69, 9.17) is 0 Å². The quantitative estimate of drug-likeness (QED) is 0.540. The molecule has 0 N–H and O–H groups in total. The first kappa shape index (κ1) is 5.41. The SMILES string of the molecule is [se]1p2[se]p3p1p3[se]2. The van der Waals surface area contributed by atoms with Crippen LogP contribution in [0.25, 0.3) is 0 Å². The Morgan fingerprint density at radius 1 is 0.714 bits per heavy atom. The molecule has 0 aliphatic carbocycles. The summed E-state index contributed by atoms with van der Waals surface area (Å²) in [6.45, 7) is 0. The third-order valence-electron chi connectivity index (χ3n) is 0.828. The Labute approximate surface area is 59.5 Å². The first-order valence-corrected chi connectivity index (χ1v) is 22.5. The second-order valence-corrected chi connectivity index (χ2v) is 59.7. The second-order valence-electron chi connectivity index (χ2n) is 1.23. The molecule has 0 unspecified atom stereocenters. The molecule has 0 aliphatic heterocycles. The van der Waals surface area contributed by atoms with Gasteiger partial charge in [-0.15, -0.1) is 0 Å². The molecule has 38 valence electrons. The summed E-state index contributed by atoms with van der Waals surface area (Å²) in [7, 11) is 0. The minimum atomic E-state index is 0.942. The van der Waals surface area contributed by atoms with Crippen LogP contribution < -0.4 is 0 Å². The number of rotatable bonds is 0. The van der Waals surface area contributed by atoms with Crippen LogP contribution in [0.1, 0.15) is 0 Å². The summed E-state index contributed by atoms with van der Waals surface area (Å²) in [6, 6.07) is 0. The van der Waals surface area contributed by atoms with Crippen molar-refractivity contribution in [2.24, 2.45) is 0 Å². The van der Waals surface area contributed by atoms with E-state index in [-0.39, 0.29) is 0 Å². The van der Waals surface area contributed by atoms with Crippen molar-refractivity contribution in [2.75, 3.05) is 0 Å². The predicted octanol–water partition coefficient (Wildman–Crippen LogP) is 2.30. The minimum absolute atomic E-state index is 0.942. The van der Waals surface area contributed by atoms with Crippen LogP contribution in [0, 0.1) is 0 Å². The van der Waals surface area contributed by atoms with Crippen LogP contribution in [0.3, 0.4) is 0 Å². The van der Waals surface area contributed by atoms with Crippen molar-refractivity contribution in [1.29, 1.82) is 0 Å². The molecule has 4 aromatic rings. The molecule has 0 nitrogen and oxygen atoms in total. The Hall–Kier alpha value is 2.76. The first-order valence-electron chi connectivity index (χ1n) is 1.70. The van der Waals surface area contributed by atoms with Gasteiger partial charge in [-0.3, -0.25) is 0 Å². The topological polar surface area (TPSA) is 0 Å². The van der Waals surface area contributed by atoms with Crippen LogP contribution in [-0.4, -0.2) is 40.8 Å². The van der Waals surface area contributed by atoms with Gasteiger partial charge in [0.25, 0.3) is 0 Å². The zero-order valence-corrected chi connectivity index (χ0v) is 11.7. The Balaban J connectivity index is 3.26. The van der Waals surface area contributed by atoms with Crippen LogP contribution in [0.2, 0.25) is 0 Å². The summed E-state index contributed by atoms with van der Waals surface area (Å²) in [4.78, 5) is 0. The molecule has 0 fully saturated rings. The second kappa shape index (κ2) is 1.67. The van der Waals surface area contributed by atoms with E-state index in [0.29, 0.717) is 0 Å². The fourth-order valence-corrected chi connectivity index (χ4v) is 323. The zero-order valence-electron chi connectivity index (χ0n) is 3.01. The van der Waals surface area contributed by atoms with Gasteiger partial charge in [-0.25, -0.2) is 0 Å². The third kappa shape index (κ3) is 0.653. The van der Waals surface area contributed by atoms with Gasteiger partial charge in [0.05, 0.1) is 0 Å². The number of hydrogen-bond donors (Lipinski definition) is 0. The average molecular weight is 361 g/mol. The van der Waals surface area contributed by atoms with E-state index in [2.05, 4.69) is 0 Å². The van der Waals surface area contributed by atoms with Gasteiger partial charge in [-0.05, 0) is 0 Å². The van der Waals surface area contributed by atoms with Crippen molar-refractivity contribution >= 4 is 60.1 Å². The molecule has 4 aromatic heterocycles. The van der Waals surface area contributed by atoms with Gasteiger partial charge >= 0.3 is 60.1 Å². The van der Waals surface area contributed by atoms with E-state index in [1.54, 1.807) is 0 Å². The standard InChI is InChI=1S/P4Se3/c5-1-2-3(1)7-4(5)6-2. The fraction of sp³-hybridized carbons (Fsp3) is 0. The normalized spacial score (nSPS) is 24.0. The first-order chi connectivity index (χ1) is 3.45. The van der Waals surface area contributed by atoms with E-state index in [9.17, 15) is 0 Å². The van der Waals surface area contributed by atoms with Crippen LogP contribution in [0.5, 0.6) is 0 Å². The van der Waals surface area contributed by atoms with E-state index in [1.807, 2.05) is 0 Å². The van der Waals surface area contributed by atoms with E-state index in [1.165, 1.54) is 40.8 Å². The van der Waals surface area contributed by atoms with Crippen LogP contribution in [0.4, 0.5) is 0 Å². The molecule has 0 aliphatic rings. The van der Waals surface area contributed by atoms with Gasteiger partial charge in [-0.2, -0.15) is 0 Å². The molecular formula is P4Se3.